The van der Waals surface area contributed by atoms with E-state index in [0.717, 1.165) is 12.1 Å². The van der Waals surface area contributed by atoms with E-state index in [2.05, 4.69) is 15.3 Å². The third-order valence-corrected chi connectivity index (χ3v) is 7.93. The number of amides is 1. The van der Waals surface area contributed by atoms with Crippen molar-refractivity contribution in [1.29, 1.82) is 5.26 Å². The fourth-order valence-electron chi connectivity index (χ4n) is 3.12. The number of hydrogen-bond acceptors (Lipinski definition) is 7. The molecule has 0 saturated heterocycles. The first-order valence-electron chi connectivity index (χ1n) is 9.06. The van der Waals surface area contributed by atoms with Gasteiger partial charge in [-0.15, -0.1) is 0 Å². The summed E-state index contributed by atoms with van der Waals surface area (Å²) < 4.78 is 53.0. The number of aliphatic imine (C=N–C) groups is 1. The lowest BCUT2D eigenvalue weighted by molar-refractivity contribution is 0.102. The van der Waals surface area contributed by atoms with Crippen molar-refractivity contribution in [3.63, 3.8) is 0 Å². The van der Waals surface area contributed by atoms with Crippen molar-refractivity contribution >= 4 is 27.3 Å². The fraction of sp³-hybridized carbons (Fsp3) is 0.300. The maximum atomic E-state index is 14.7. The molecule has 1 amide bonds. The lowest BCUT2D eigenvalue weighted by Crippen LogP contribution is -2.55. The minimum absolute atomic E-state index is 0.0549. The number of halogens is 2. The van der Waals surface area contributed by atoms with Crippen LogP contribution in [0.3, 0.4) is 0 Å². The summed E-state index contributed by atoms with van der Waals surface area (Å²) in [4.78, 5) is 20.4. The molecule has 1 atom stereocenters. The SMILES string of the molecule is CC1(C)C(N)=N[C@](C)(c2cc(NC(=O)c3ccc(C#N)cn3)cc(F)c2F)CS1(=O)=O. The molecule has 1 aliphatic heterocycles. The zero-order chi connectivity index (χ0) is 23.2. The van der Waals surface area contributed by atoms with E-state index in [1.807, 2.05) is 6.07 Å². The lowest BCUT2D eigenvalue weighted by Gasteiger charge is -2.38. The van der Waals surface area contributed by atoms with Gasteiger partial charge in [0.15, 0.2) is 21.5 Å². The second-order valence-electron chi connectivity index (χ2n) is 7.86. The number of nitrogens with two attached hydrogens (primary N) is 1. The van der Waals surface area contributed by atoms with Crippen LogP contribution in [0.4, 0.5) is 14.5 Å². The van der Waals surface area contributed by atoms with Gasteiger partial charge in [-0.1, -0.05) is 0 Å². The van der Waals surface area contributed by atoms with Crippen molar-refractivity contribution in [2.75, 3.05) is 11.1 Å². The topological polar surface area (TPSA) is 138 Å². The lowest BCUT2D eigenvalue weighted by atomic mass is 9.92. The van der Waals surface area contributed by atoms with Crippen LogP contribution in [0.2, 0.25) is 0 Å². The molecule has 0 fully saturated rings. The highest BCUT2D eigenvalue weighted by Gasteiger charge is 2.49. The molecular weight excluding hydrogens is 428 g/mol. The molecule has 3 N–H and O–H groups in total. The van der Waals surface area contributed by atoms with Gasteiger partial charge in [-0.2, -0.15) is 5.26 Å². The van der Waals surface area contributed by atoms with Gasteiger partial charge in [0.1, 0.15) is 27.9 Å². The number of hydrogen-bond donors (Lipinski definition) is 2. The smallest absolute Gasteiger partial charge is 0.274 e. The van der Waals surface area contributed by atoms with Gasteiger partial charge in [-0.05, 0) is 39.0 Å². The normalized spacial score (nSPS) is 21.6. The van der Waals surface area contributed by atoms with Crippen LogP contribution in [0.5, 0.6) is 0 Å². The summed E-state index contributed by atoms with van der Waals surface area (Å²) in [7, 11) is -3.85. The van der Waals surface area contributed by atoms with E-state index in [4.69, 9.17) is 11.0 Å². The maximum absolute atomic E-state index is 14.7. The zero-order valence-corrected chi connectivity index (χ0v) is 17.7. The number of carbonyl (C=O) groups is 1. The van der Waals surface area contributed by atoms with Crippen LogP contribution < -0.4 is 11.1 Å². The molecular formula is C20H19F2N5O3S. The van der Waals surface area contributed by atoms with Gasteiger partial charge in [0, 0.05) is 23.5 Å². The molecule has 11 heteroatoms. The van der Waals surface area contributed by atoms with Gasteiger partial charge in [0.25, 0.3) is 5.91 Å². The number of nitrogens with one attached hydrogen (secondary N) is 1. The van der Waals surface area contributed by atoms with Gasteiger partial charge in [-0.25, -0.2) is 22.2 Å². The Balaban J connectivity index is 2.03. The summed E-state index contributed by atoms with van der Waals surface area (Å²) >= 11 is 0. The van der Waals surface area contributed by atoms with Crippen molar-refractivity contribution < 1.29 is 22.0 Å². The van der Waals surface area contributed by atoms with E-state index in [1.165, 1.54) is 39.1 Å². The molecule has 0 saturated carbocycles. The third-order valence-electron chi connectivity index (χ3n) is 5.22. The highest BCUT2D eigenvalue weighted by Crippen LogP contribution is 2.39. The first-order chi connectivity index (χ1) is 14.3. The zero-order valence-electron chi connectivity index (χ0n) is 16.9. The second kappa shape index (κ2) is 7.39. The number of sulfone groups is 1. The molecule has 0 bridgehead atoms. The molecule has 1 aliphatic rings. The van der Waals surface area contributed by atoms with Crippen LogP contribution in [-0.4, -0.2) is 35.6 Å². The Morgan fingerprint density at radius 1 is 1.26 bits per heavy atom. The van der Waals surface area contributed by atoms with Gasteiger partial charge < -0.3 is 11.1 Å². The van der Waals surface area contributed by atoms with Crippen molar-refractivity contribution in [2.24, 2.45) is 10.7 Å². The molecule has 3 rings (SSSR count). The monoisotopic (exact) mass is 447 g/mol. The fourth-order valence-corrected chi connectivity index (χ4v) is 4.81. The number of carbonyl (C=O) groups excluding carboxylic acids is 1. The summed E-state index contributed by atoms with van der Waals surface area (Å²) in [6.45, 7) is 4.11. The average Bonchev–Trinajstić information content (AvgIpc) is 2.68. The van der Waals surface area contributed by atoms with E-state index in [9.17, 15) is 22.0 Å². The highest BCUT2D eigenvalue weighted by atomic mass is 32.2. The number of amidine groups is 1. The molecule has 2 aromatic rings. The molecule has 0 radical (unpaired) electrons. The number of nitrogens with zero attached hydrogens (tertiary/aromatic N) is 3. The number of anilines is 1. The van der Waals surface area contributed by atoms with Gasteiger partial charge in [0.2, 0.25) is 0 Å². The Morgan fingerprint density at radius 2 is 1.94 bits per heavy atom. The molecule has 1 aromatic heterocycles. The number of rotatable bonds is 3. The molecule has 31 heavy (non-hydrogen) atoms. The number of benzene rings is 1. The minimum Gasteiger partial charge on any atom is -0.386 e. The Bertz CT molecular complexity index is 1250. The standard InChI is InChI=1S/C20H19F2N5O3S/c1-19(2)18(24)27-20(3,10-31(19,29)30)13-6-12(7-14(21)16(13)22)26-17(28)15-5-4-11(8-23)9-25-15/h4-7,9H,10H2,1-3H3,(H2,24,27)(H,26,28)/t20-/m0/s1. The first kappa shape index (κ1) is 22.3. The quantitative estimate of drug-likeness (QED) is 0.740. The molecule has 1 aromatic carbocycles. The van der Waals surface area contributed by atoms with E-state index < -0.39 is 43.4 Å². The highest BCUT2D eigenvalue weighted by molar-refractivity contribution is 7.93. The van der Waals surface area contributed by atoms with Crippen LogP contribution in [-0.2, 0) is 15.4 Å². The van der Waals surface area contributed by atoms with Gasteiger partial charge in [0.05, 0.1) is 11.3 Å². The number of aromatic nitrogens is 1. The van der Waals surface area contributed by atoms with Gasteiger partial charge in [-0.3, -0.25) is 9.79 Å². The second-order valence-corrected chi connectivity index (χ2v) is 10.4. The van der Waals surface area contributed by atoms with Crippen molar-refractivity contribution in [1.82, 2.24) is 4.98 Å². The molecule has 8 nitrogen and oxygen atoms in total. The molecule has 0 aliphatic carbocycles. The Labute approximate surface area is 177 Å². The van der Waals surface area contributed by atoms with Crippen molar-refractivity contribution in [2.45, 2.75) is 31.1 Å². The Kier molecular flexibility index (Phi) is 5.31. The first-order valence-corrected chi connectivity index (χ1v) is 10.7. The van der Waals surface area contributed by atoms with Gasteiger partial charge >= 0.3 is 0 Å². The predicted molar refractivity (Wildman–Crippen MR) is 110 cm³/mol. The number of nitriles is 1. The number of pyridine rings is 1. The van der Waals surface area contributed by atoms with Crippen LogP contribution >= 0.6 is 0 Å². The molecule has 0 unspecified atom stereocenters. The van der Waals surface area contributed by atoms with Crippen LogP contribution in [0, 0.1) is 23.0 Å². The van der Waals surface area contributed by atoms with E-state index in [-0.39, 0.29) is 28.3 Å². The minimum atomic E-state index is -3.85. The summed E-state index contributed by atoms with van der Waals surface area (Å²) in [5.41, 5.74) is 3.87. The summed E-state index contributed by atoms with van der Waals surface area (Å²) in [6.07, 6.45) is 1.19. The summed E-state index contributed by atoms with van der Waals surface area (Å²) in [5.74, 6) is -4.14. The molecule has 2 heterocycles. The Hall–Kier alpha value is -3.39. The molecule has 162 valence electrons. The summed E-state index contributed by atoms with van der Waals surface area (Å²) in [6, 6.07) is 6.42. The molecule has 0 spiro atoms. The van der Waals surface area contributed by atoms with Crippen LogP contribution in [0.25, 0.3) is 0 Å². The average molecular weight is 447 g/mol. The third kappa shape index (κ3) is 3.86. The Morgan fingerprint density at radius 3 is 2.48 bits per heavy atom. The predicted octanol–water partition coefficient (Wildman–Crippen LogP) is 2.26. The van der Waals surface area contributed by atoms with E-state index in [1.54, 1.807) is 0 Å². The van der Waals surface area contributed by atoms with Crippen molar-refractivity contribution in [3.8, 4) is 6.07 Å². The van der Waals surface area contributed by atoms with E-state index >= 15 is 0 Å². The largest absolute Gasteiger partial charge is 0.386 e. The van der Waals surface area contributed by atoms with Crippen LogP contribution in [0.15, 0.2) is 35.5 Å². The maximum Gasteiger partial charge on any atom is 0.274 e. The van der Waals surface area contributed by atoms with Crippen LogP contribution in [0.1, 0.15) is 42.4 Å². The van der Waals surface area contributed by atoms with Crippen molar-refractivity contribution in [3.05, 3.63) is 58.9 Å². The summed E-state index contributed by atoms with van der Waals surface area (Å²) in [5, 5.41) is 11.2. The van der Waals surface area contributed by atoms with E-state index in [0.29, 0.717) is 0 Å².